The van der Waals surface area contributed by atoms with Crippen LogP contribution in [0.1, 0.15) is 23.6 Å². The molecule has 0 saturated carbocycles. The van der Waals surface area contributed by atoms with Crippen molar-refractivity contribution in [2.75, 3.05) is 11.9 Å². The smallest absolute Gasteiger partial charge is 0.244 e. The van der Waals surface area contributed by atoms with Gasteiger partial charge in [0.15, 0.2) is 0 Å². The van der Waals surface area contributed by atoms with Crippen LogP contribution in [-0.2, 0) is 16.1 Å². The fraction of sp³-hybridized carbons (Fsp3) is 0.263. The van der Waals surface area contributed by atoms with Gasteiger partial charge >= 0.3 is 0 Å². The number of carbonyl (C=O) groups is 2. The largest absolute Gasteiger partial charge is 0.329 e. The number of amides is 2. The van der Waals surface area contributed by atoms with Crippen LogP contribution < -0.4 is 5.32 Å². The predicted molar refractivity (Wildman–Crippen MR) is 99.8 cm³/mol. The molecule has 0 aromatic heterocycles. The molecule has 0 atom stereocenters. The number of nitrogens with zero attached hydrogens (tertiary/aromatic N) is 1. The summed E-state index contributed by atoms with van der Waals surface area (Å²) in [4.78, 5) is 25.7. The topological polar surface area (TPSA) is 49.4 Å². The Bertz CT molecular complexity index is 759. The van der Waals surface area contributed by atoms with E-state index in [-0.39, 0.29) is 18.4 Å². The Balaban J connectivity index is 2.04. The summed E-state index contributed by atoms with van der Waals surface area (Å²) in [6, 6.07) is 13.6. The van der Waals surface area contributed by atoms with Crippen molar-refractivity contribution >= 4 is 33.4 Å². The average molecular weight is 389 g/mol. The highest BCUT2D eigenvalue weighted by Crippen LogP contribution is 2.20. The number of anilines is 1. The minimum Gasteiger partial charge on any atom is -0.329 e. The molecule has 24 heavy (non-hydrogen) atoms. The third-order valence-corrected chi connectivity index (χ3v) is 4.19. The number of halogens is 1. The van der Waals surface area contributed by atoms with Gasteiger partial charge in [-0.3, -0.25) is 9.59 Å². The van der Waals surface area contributed by atoms with Crippen molar-refractivity contribution in [1.29, 1.82) is 0 Å². The highest BCUT2D eigenvalue weighted by molar-refractivity contribution is 9.10. The van der Waals surface area contributed by atoms with Crippen LogP contribution in [-0.4, -0.2) is 23.3 Å². The van der Waals surface area contributed by atoms with Crippen molar-refractivity contribution in [2.24, 2.45) is 0 Å². The highest BCUT2D eigenvalue weighted by Gasteiger charge is 2.15. The van der Waals surface area contributed by atoms with Gasteiger partial charge in [0.05, 0.1) is 0 Å². The summed E-state index contributed by atoms with van der Waals surface area (Å²) in [6.45, 7) is 5.86. The van der Waals surface area contributed by atoms with Gasteiger partial charge < -0.3 is 10.2 Å². The van der Waals surface area contributed by atoms with Crippen LogP contribution in [0.2, 0.25) is 0 Å². The monoisotopic (exact) mass is 388 g/mol. The van der Waals surface area contributed by atoms with Crippen molar-refractivity contribution in [3.63, 3.8) is 0 Å². The Labute approximate surface area is 151 Å². The van der Waals surface area contributed by atoms with Crippen LogP contribution in [0, 0.1) is 13.8 Å². The molecule has 2 aromatic carbocycles. The molecule has 0 fully saturated rings. The zero-order valence-corrected chi connectivity index (χ0v) is 15.7. The molecule has 0 aliphatic rings. The first-order valence-electron chi connectivity index (χ1n) is 7.72. The molecular weight excluding hydrogens is 368 g/mol. The quantitative estimate of drug-likeness (QED) is 0.839. The lowest BCUT2D eigenvalue weighted by molar-refractivity contribution is -0.133. The van der Waals surface area contributed by atoms with E-state index in [0.29, 0.717) is 6.54 Å². The number of hydrogen-bond acceptors (Lipinski definition) is 2. The SMILES string of the molecule is CC(=O)N(CC(=O)Nc1ccc(Br)cc1C)Cc1cccc(C)c1. The molecule has 0 aliphatic carbocycles. The minimum atomic E-state index is -0.205. The molecule has 126 valence electrons. The van der Waals surface area contributed by atoms with Gasteiger partial charge in [-0.2, -0.15) is 0 Å². The predicted octanol–water partition coefficient (Wildman–Crippen LogP) is 4.05. The molecule has 0 heterocycles. The second-order valence-electron chi connectivity index (χ2n) is 5.87. The standard InChI is InChI=1S/C19H21BrN2O2/c1-13-5-4-6-16(9-13)11-22(15(3)23)12-19(24)21-18-8-7-17(20)10-14(18)2/h4-10H,11-12H2,1-3H3,(H,21,24). The second kappa shape index (κ2) is 8.11. The number of rotatable bonds is 5. The first-order chi connectivity index (χ1) is 11.3. The van der Waals surface area contributed by atoms with Gasteiger partial charge in [0, 0.05) is 23.6 Å². The Hall–Kier alpha value is -2.14. The van der Waals surface area contributed by atoms with Crippen LogP contribution in [0.5, 0.6) is 0 Å². The van der Waals surface area contributed by atoms with Crippen molar-refractivity contribution in [1.82, 2.24) is 4.90 Å². The summed E-state index contributed by atoms with van der Waals surface area (Å²) in [5, 5.41) is 2.87. The summed E-state index contributed by atoms with van der Waals surface area (Å²) >= 11 is 3.40. The highest BCUT2D eigenvalue weighted by atomic mass is 79.9. The lowest BCUT2D eigenvalue weighted by Gasteiger charge is -2.21. The minimum absolute atomic E-state index is 0.0266. The first-order valence-corrected chi connectivity index (χ1v) is 8.51. The fourth-order valence-electron chi connectivity index (χ4n) is 2.44. The third-order valence-electron chi connectivity index (χ3n) is 3.70. The molecule has 0 bridgehead atoms. The molecule has 0 spiro atoms. The van der Waals surface area contributed by atoms with Crippen molar-refractivity contribution < 1.29 is 9.59 Å². The zero-order chi connectivity index (χ0) is 17.7. The van der Waals surface area contributed by atoms with Gasteiger partial charge in [-0.05, 0) is 43.2 Å². The third kappa shape index (κ3) is 5.20. The zero-order valence-electron chi connectivity index (χ0n) is 14.1. The normalized spacial score (nSPS) is 10.3. The van der Waals surface area contributed by atoms with Gasteiger partial charge in [0.2, 0.25) is 11.8 Å². The van der Waals surface area contributed by atoms with Crippen LogP contribution >= 0.6 is 15.9 Å². The Morgan fingerprint density at radius 3 is 2.50 bits per heavy atom. The van der Waals surface area contributed by atoms with Gasteiger partial charge in [-0.25, -0.2) is 0 Å². The molecule has 0 saturated heterocycles. The lowest BCUT2D eigenvalue weighted by Crippen LogP contribution is -2.36. The van der Waals surface area contributed by atoms with Gasteiger partial charge in [-0.1, -0.05) is 45.8 Å². The fourth-order valence-corrected chi connectivity index (χ4v) is 2.92. The summed E-state index contributed by atoms with van der Waals surface area (Å²) in [5.74, 6) is -0.331. The first kappa shape index (κ1) is 18.2. The second-order valence-corrected chi connectivity index (χ2v) is 6.79. The maximum atomic E-state index is 12.3. The average Bonchev–Trinajstić information content (AvgIpc) is 2.49. The van der Waals surface area contributed by atoms with Crippen molar-refractivity contribution in [3.8, 4) is 0 Å². The van der Waals surface area contributed by atoms with Gasteiger partial charge in [0.25, 0.3) is 0 Å². The molecule has 0 unspecified atom stereocenters. The molecule has 5 heteroatoms. The molecular formula is C19H21BrN2O2. The van der Waals surface area contributed by atoms with E-state index in [1.165, 1.54) is 11.8 Å². The molecule has 0 aliphatic heterocycles. The van der Waals surface area contributed by atoms with Crippen LogP contribution in [0.25, 0.3) is 0 Å². The van der Waals surface area contributed by atoms with E-state index in [1.807, 2.05) is 56.3 Å². The maximum Gasteiger partial charge on any atom is 0.244 e. The lowest BCUT2D eigenvalue weighted by atomic mass is 10.1. The Morgan fingerprint density at radius 2 is 1.88 bits per heavy atom. The van der Waals surface area contributed by atoms with Crippen LogP contribution in [0.15, 0.2) is 46.9 Å². The molecule has 2 amide bonds. The van der Waals surface area contributed by atoms with Gasteiger partial charge in [-0.15, -0.1) is 0 Å². The molecule has 4 nitrogen and oxygen atoms in total. The van der Waals surface area contributed by atoms with E-state index >= 15 is 0 Å². The van der Waals surface area contributed by atoms with E-state index in [2.05, 4.69) is 21.2 Å². The van der Waals surface area contributed by atoms with Crippen molar-refractivity contribution in [3.05, 3.63) is 63.6 Å². The van der Waals surface area contributed by atoms with E-state index in [4.69, 9.17) is 0 Å². The van der Waals surface area contributed by atoms with E-state index in [1.54, 1.807) is 0 Å². The van der Waals surface area contributed by atoms with E-state index < -0.39 is 0 Å². The summed E-state index contributed by atoms with van der Waals surface area (Å²) in [7, 11) is 0. The number of carbonyl (C=O) groups excluding carboxylic acids is 2. The molecule has 1 N–H and O–H groups in total. The Kier molecular flexibility index (Phi) is 6.15. The molecule has 2 rings (SSSR count). The van der Waals surface area contributed by atoms with Crippen molar-refractivity contribution in [2.45, 2.75) is 27.3 Å². The van der Waals surface area contributed by atoms with E-state index in [0.717, 1.165) is 26.9 Å². The van der Waals surface area contributed by atoms with E-state index in [9.17, 15) is 9.59 Å². The number of aryl methyl sites for hydroxylation is 2. The van der Waals surface area contributed by atoms with Crippen LogP contribution in [0.4, 0.5) is 5.69 Å². The van der Waals surface area contributed by atoms with Gasteiger partial charge in [0.1, 0.15) is 6.54 Å². The summed E-state index contributed by atoms with van der Waals surface area (Å²) in [6.07, 6.45) is 0. The van der Waals surface area contributed by atoms with Crippen LogP contribution in [0.3, 0.4) is 0 Å². The summed E-state index contributed by atoms with van der Waals surface area (Å²) in [5.41, 5.74) is 3.86. The number of benzene rings is 2. The maximum absolute atomic E-state index is 12.3. The Morgan fingerprint density at radius 1 is 1.12 bits per heavy atom. The summed E-state index contributed by atoms with van der Waals surface area (Å²) < 4.78 is 0.961. The number of nitrogens with one attached hydrogen (secondary N) is 1. The molecule has 0 radical (unpaired) electrons. The molecule has 2 aromatic rings. The number of hydrogen-bond donors (Lipinski definition) is 1.